The molecule has 0 amide bonds. The zero-order chi connectivity index (χ0) is 23.9. The molecule has 4 aromatic carbocycles. The number of benzene rings is 4. The summed E-state index contributed by atoms with van der Waals surface area (Å²) in [7, 11) is 0. The van der Waals surface area contributed by atoms with Gasteiger partial charge in [0.1, 0.15) is 0 Å². The highest BCUT2D eigenvalue weighted by molar-refractivity contribution is 9.11. The first-order valence-electron chi connectivity index (χ1n) is 11.2. The average Bonchev–Trinajstić information content (AvgIpc) is 2.90. The van der Waals surface area contributed by atoms with Gasteiger partial charge >= 0.3 is 0 Å². The molecule has 0 unspecified atom stereocenters. The number of aromatic nitrogens is 2. The van der Waals surface area contributed by atoms with Gasteiger partial charge in [-0.25, -0.2) is 9.97 Å². The van der Waals surface area contributed by atoms with Gasteiger partial charge in [-0.1, -0.05) is 138 Å². The maximum atomic E-state index is 4.91. The van der Waals surface area contributed by atoms with E-state index >= 15 is 0 Å². The molecule has 0 N–H and O–H groups in total. The Hall–Kier alpha value is -3.08. The molecule has 5 aromatic rings. The van der Waals surface area contributed by atoms with Crippen LogP contribution in [0.4, 0.5) is 0 Å². The van der Waals surface area contributed by atoms with Crippen molar-refractivity contribution in [2.75, 3.05) is 0 Å². The lowest BCUT2D eigenvalue weighted by molar-refractivity contribution is 1.18. The molecule has 1 heterocycles. The Kier molecular flexibility index (Phi) is 9.53. The van der Waals surface area contributed by atoms with Crippen molar-refractivity contribution >= 4 is 31.9 Å². The van der Waals surface area contributed by atoms with Crippen LogP contribution in [-0.4, -0.2) is 9.97 Å². The van der Waals surface area contributed by atoms with Crippen molar-refractivity contribution in [2.24, 2.45) is 0 Å². The molecule has 4 heteroatoms. The molecule has 1 aromatic heterocycles. The first-order valence-corrected chi connectivity index (χ1v) is 12.8. The number of halogens is 2. The summed E-state index contributed by atoms with van der Waals surface area (Å²) in [5.41, 5.74) is 7.22. The Morgan fingerprint density at radius 3 is 1.43 bits per heavy atom. The van der Waals surface area contributed by atoms with Crippen molar-refractivity contribution in [1.82, 2.24) is 9.97 Å². The third-order valence-electron chi connectivity index (χ3n) is 5.20. The summed E-state index contributed by atoms with van der Waals surface area (Å²) in [6.45, 7) is 4.00. The van der Waals surface area contributed by atoms with E-state index in [0.29, 0.717) is 5.82 Å². The van der Waals surface area contributed by atoms with E-state index in [1.807, 2.05) is 56.3 Å². The summed E-state index contributed by atoms with van der Waals surface area (Å²) in [6.07, 6.45) is 0. The fourth-order valence-electron chi connectivity index (χ4n) is 3.63. The summed E-state index contributed by atoms with van der Waals surface area (Å²) in [5.74, 6) is 0.710. The van der Waals surface area contributed by atoms with Crippen LogP contribution in [-0.2, 0) is 0 Å². The Morgan fingerprint density at radius 2 is 0.886 bits per heavy atom. The fraction of sp³-hybridized carbons (Fsp3) is 0.0968. The van der Waals surface area contributed by atoms with Crippen LogP contribution in [0.1, 0.15) is 21.3 Å². The van der Waals surface area contributed by atoms with E-state index in [9.17, 15) is 0 Å². The van der Waals surface area contributed by atoms with Gasteiger partial charge in [0.15, 0.2) is 5.82 Å². The molecular formula is C31H28Br2N2. The lowest BCUT2D eigenvalue weighted by atomic mass is 10.0. The molecule has 0 spiro atoms. The second-order valence-corrected chi connectivity index (χ2v) is 9.26. The molecule has 0 fully saturated rings. The van der Waals surface area contributed by atoms with E-state index in [1.54, 1.807) is 0 Å². The second kappa shape index (κ2) is 12.6. The standard InChI is InChI=1S/C28H18Br2N2.C2H6.CH4/c29-24-15-23(16-25(30)17-24)27-18-26(31-28(32-27)22-9-5-2-6-10-22)21-13-11-20(12-14-21)19-7-3-1-4-8-19;1-2;/h1-18H;1-2H3;1H4. The summed E-state index contributed by atoms with van der Waals surface area (Å²) in [5, 5.41) is 0. The van der Waals surface area contributed by atoms with Crippen LogP contribution in [0.3, 0.4) is 0 Å². The smallest absolute Gasteiger partial charge is 0.160 e. The van der Waals surface area contributed by atoms with Crippen LogP contribution < -0.4 is 0 Å². The number of rotatable bonds is 4. The third kappa shape index (κ3) is 6.53. The van der Waals surface area contributed by atoms with Gasteiger partial charge in [-0.05, 0) is 35.4 Å². The molecule has 176 valence electrons. The van der Waals surface area contributed by atoms with Crippen molar-refractivity contribution in [2.45, 2.75) is 21.3 Å². The Balaban J connectivity index is 0.00000111. The largest absolute Gasteiger partial charge is 0.228 e. The molecule has 0 aliphatic carbocycles. The number of nitrogens with zero attached hydrogens (tertiary/aromatic N) is 2. The van der Waals surface area contributed by atoms with Gasteiger partial charge in [-0.2, -0.15) is 0 Å². The Labute approximate surface area is 225 Å². The van der Waals surface area contributed by atoms with Crippen LogP contribution >= 0.6 is 31.9 Å². The molecule has 0 atom stereocenters. The predicted molar refractivity (Wildman–Crippen MR) is 157 cm³/mol. The molecule has 0 radical (unpaired) electrons. The van der Waals surface area contributed by atoms with Crippen LogP contribution in [0, 0.1) is 0 Å². The fourth-order valence-corrected chi connectivity index (χ4v) is 4.92. The zero-order valence-electron chi connectivity index (χ0n) is 19.0. The van der Waals surface area contributed by atoms with E-state index < -0.39 is 0 Å². The SMILES string of the molecule is Brc1cc(Br)cc(-c2cc(-c3ccc(-c4ccccc4)cc3)nc(-c3ccccc3)n2)c1.C.CC. The first-order chi connectivity index (χ1) is 16.7. The lowest BCUT2D eigenvalue weighted by Crippen LogP contribution is -1.96. The molecule has 0 aliphatic heterocycles. The van der Waals surface area contributed by atoms with Gasteiger partial charge in [0.05, 0.1) is 11.4 Å². The Morgan fingerprint density at radius 1 is 0.457 bits per heavy atom. The highest BCUT2D eigenvalue weighted by Gasteiger charge is 2.12. The monoisotopic (exact) mass is 586 g/mol. The maximum Gasteiger partial charge on any atom is 0.160 e. The van der Waals surface area contributed by atoms with Gasteiger partial charge in [0.25, 0.3) is 0 Å². The molecule has 2 nitrogen and oxygen atoms in total. The average molecular weight is 588 g/mol. The minimum atomic E-state index is 0. The van der Waals surface area contributed by atoms with Crippen molar-refractivity contribution in [3.63, 3.8) is 0 Å². The quantitative estimate of drug-likeness (QED) is 0.209. The van der Waals surface area contributed by atoms with E-state index in [1.165, 1.54) is 11.1 Å². The topological polar surface area (TPSA) is 25.8 Å². The highest BCUT2D eigenvalue weighted by Crippen LogP contribution is 2.31. The lowest BCUT2D eigenvalue weighted by Gasteiger charge is -2.11. The van der Waals surface area contributed by atoms with Gasteiger partial charge in [-0.15, -0.1) is 0 Å². The van der Waals surface area contributed by atoms with Crippen molar-refractivity contribution < 1.29 is 0 Å². The Bertz CT molecular complexity index is 1350. The van der Waals surface area contributed by atoms with Gasteiger partial charge in [0, 0.05) is 25.6 Å². The van der Waals surface area contributed by atoms with Crippen LogP contribution in [0.2, 0.25) is 0 Å². The summed E-state index contributed by atoms with van der Waals surface area (Å²) in [4.78, 5) is 9.81. The van der Waals surface area contributed by atoms with Crippen molar-refractivity contribution in [3.8, 4) is 45.0 Å². The third-order valence-corrected chi connectivity index (χ3v) is 6.12. The predicted octanol–water partition coefficient (Wildman–Crippen LogP) is 10.3. The van der Waals surface area contributed by atoms with E-state index in [0.717, 1.165) is 37.0 Å². The van der Waals surface area contributed by atoms with Gasteiger partial charge in [0.2, 0.25) is 0 Å². The van der Waals surface area contributed by atoms with Crippen molar-refractivity contribution in [3.05, 3.63) is 118 Å². The second-order valence-electron chi connectivity index (χ2n) is 7.43. The number of hydrogen-bond donors (Lipinski definition) is 0. The van der Waals surface area contributed by atoms with Gasteiger partial charge in [-0.3, -0.25) is 0 Å². The molecule has 5 rings (SSSR count). The first kappa shape index (κ1) is 26.5. The van der Waals surface area contributed by atoms with E-state index in [-0.39, 0.29) is 7.43 Å². The minimum Gasteiger partial charge on any atom is -0.228 e. The summed E-state index contributed by atoms with van der Waals surface area (Å²) < 4.78 is 1.99. The van der Waals surface area contributed by atoms with Gasteiger partial charge < -0.3 is 0 Å². The number of hydrogen-bond acceptors (Lipinski definition) is 2. The molecule has 35 heavy (non-hydrogen) atoms. The van der Waals surface area contributed by atoms with Crippen LogP contribution in [0.15, 0.2) is 118 Å². The summed E-state index contributed by atoms with van der Waals surface area (Å²) in [6, 6.07) is 37.2. The van der Waals surface area contributed by atoms with E-state index in [4.69, 9.17) is 9.97 Å². The zero-order valence-corrected chi connectivity index (χ0v) is 22.2. The molecule has 0 aliphatic rings. The minimum absolute atomic E-state index is 0. The maximum absolute atomic E-state index is 4.91. The van der Waals surface area contributed by atoms with Crippen molar-refractivity contribution in [1.29, 1.82) is 0 Å². The molecular weight excluding hydrogens is 560 g/mol. The molecule has 0 bridgehead atoms. The highest BCUT2D eigenvalue weighted by atomic mass is 79.9. The summed E-state index contributed by atoms with van der Waals surface area (Å²) >= 11 is 7.19. The molecule has 0 saturated heterocycles. The molecule has 0 saturated carbocycles. The van der Waals surface area contributed by atoms with Crippen LogP contribution in [0.25, 0.3) is 45.0 Å². The van der Waals surface area contributed by atoms with Crippen LogP contribution in [0.5, 0.6) is 0 Å². The van der Waals surface area contributed by atoms with E-state index in [2.05, 4.69) is 98.6 Å². The normalized spacial score (nSPS) is 10.1.